The van der Waals surface area contributed by atoms with E-state index in [2.05, 4.69) is 15.9 Å². The van der Waals surface area contributed by atoms with E-state index in [0.717, 1.165) is 0 Å². The van der Waals surface area contributed by atoms with Crippen LogP contribution in [0, 0.1) is 12.3 Å². The molecule has 98 valence electrons. The molecule has 3 aromatic rings. The molecular weight excluding hydrogens is 255 g/mol. The average molecular weight is 266 g/mol. The molecule has 0 saturated carbocycles. The molecule has 20 heavy (non-hydrogen) atoms. The average Bonchev–Trinajstić information content (AvgIpc) is 2.96. The molecule has 2 aromatic heterocycles. The third-order valence-electron chi connectivity index (χ3n) is 3.15. The van der Waals surface area contributed by atoms with Gasteiger partial charge in [0.1, 0.15) is 11.7 Å². The standard InChI is InChI=1S/C16H11FN2O/c1-2-12(13-5-3-4-8-18-13)16(17)11-6-7-15-14(9-11)19-10-20-15/h1,3-10,12,16H. The van der Waals surface area contributed by atoms with Crippen LogP contribution in [0.3, 0.4) is 0 Å². The number of benzene rings is 1. The van der Waals surface area contributed by atoms with Crippen molar-refractivity contribution < 1.29 is 8.81 Å². The van der Waals surface area contributed by atoms with Crippen LogP contribution in [-0.4, -0.2) is 9.97 Å². The fourth-order valence-corrected chi connectivity index (χ4v) is 2.12. The summed E-state index contributed by atoms with van der Waals surface area (Å²) in [6.45, 7) is 0. The molecule has 0 bridgehead atoms. The van der Waals surface area contributed by atoms with Gasteiger partial charge in [-0.1, -0.05) is 18.1 Å². The quantitative estimate of drug-likeness (QED) is 0.679. The van der Waals surface area contributed by atoms with E-state index in [4.69, 9.17) is 10.8 Å². The molecule has 2 unspecified atom stereocenters. The number of pyridine rings is 1. The fourth-order valence-electron chi connectivity index (χ4n) is 2.12. The van der Waals surface area contributed by atoms with Gasteiger partial charge in [0, 0.05) is 6.20 Å². The van der Waals surface area contributed by atoms with E-state index >= 15 is 0 Å². The second kappa shape index (κ2) is 5.14. The number of nitrogens with zero attached hydrogens (tertiary/aromatic N) is 2. The predicted molar refractivity (Wildman–Crippen MR) is 73.7 cm³/mol. The van der Waals surface area contributed by atoms with Gasteiger partial charge in [-0.05, 0) is 29.8 Å². The van der Waals surface area contributed by atoms with Crippen LogP contribution in [0.2, 0.25) is 0 Å². The molecule has 2 atom stereocenters. The SMILES string of the molecule is C#CC(c1ccccn1)C(F)c1ccc2ocnc2c1. The Hall–Kier alpha value is -2.67. The predicted octanol–water partition coefficient (Wildman–Crippen LogP) is 3.65. The normalized spacial score (nSPS) is 13.8. The van der Waals surface area contributed by atoms with Gasteiger partial charge in [0.25, 0.3) is 0 Å². The molecule has 0 aliphatic rings. The second-order valence-electron chi connectivity index (χ2n) is 4.38. The number of aromatic nitrogens is 2. The first-order valence-corrected chi connectivity index (χ1v) is 6.14. The van der Waals surface area contributed by atoms with Crippen LogP contribution in [0.15, 0.2) is 53.4 Å². The Balaban J connectivity index is 1.97. The zero-order valence-electron chi connectivity index (χ0n) is 10.5. The highest BCUT2D eigenvalue weighted by Gasteiger charge is 2.24. The molecule has 0 aliphatic carbocycles. The van der Waals surface area contributed by atoms with Crippen LogP contribution in [0.25, 0.3) is 11.1 Å². The van der Waals surface area contributed by atoms with Gasteiger partial charge >= 0.3 is 0 Å². The number of rotatable bonds is 3. The first-order chi connectivity index (χ1) is 9.79. The smallest absolute Gasteiger partial charge is 0.181 e. The maximum Gasteiger partial charge on any atom is 0.181 e. The topological polar surface area (TPSA) is 38.9 Å². The number of halogens is 1. The Bertz CT molecular complexity index is 761. The summed E-state index contributed by atoms with van der Waals surface area (Å²) in [5.41, 5.74) is 2.25. The van der Waals surface area contributed by atoms with Crippen LogP contribution in [0.1, 0.15) is 23.3 Å². The van der Waals surface area contributed by atoms with Crippen molar-refractivity contribution in [1.82, 2.24) is 9.97 Å². The highest BCUT2D eigenvalue weighted by Crippen LogP contribution is 2.33. The largest absolute Gasteiger partial charge is 0.443 e. The van der Waals surface area contributed by atoms with E-state index in [1.807, 2.05) is 0 Å². The summed E-state index contributed by atoms with van der Waals surface area (Å²) < 4.78 is 19.8. The van der Waals surface area contributed by atoms with Crippen molar-refractivity contribution in [2.75, 3.05) is 0 Å². The van der Waals surface area contributed by atoms with E-state index in [-0.39, 0.29) is 0 Å². The van der Waals surface area contributed by atoms with Crippen molar-refractivity contribution in [1.29, 1.82) is 0 Å². The summed E-state index contributed by atoms with van der Waals surface area (Å²) in [6.07, 6.45) is 7.07. The molecule has 0 N–H and O–H groups in total. The van der Waals surface area contributed by atoms with E-state index in [9.17, 15) is 4.39 Å². The molecular formula is C16H11FN2O. The Kier molecular flexibility index (Phi) is 3.18. The molecule has 0 spiro atoms. The third-order valence-corrected chi connectivity index (χ3v) is 3.15. The third kappa shape index (κ3) is 2.14. The van der Waals surface area contributed by atoms with Gasteiger partial charge in [-0.25, -0.2) is 9.37 Å². The molecule has 4 heteroatoms. The first-order valence-electron chi connectivity index (χ1n) is 6.14. The van der Waals surface area contributed by atoms with Gasteiger partial charge in [0.15, 0.2) is 12.0 Å². The molecule has 0 saturated heterocycles. The summed E-state index contributed by atoms with van der Waals surface area (Å²) in [4.78, 5) is 8.15. The highest BCUT2D eigenvalue weighted by atomic mass is 19.1. The molecule has 0 aliphatic heterocycles. The van der Waals surface area contributed by atoms with Crippen molar-refractivity contribution in [3.05, 3.63) is 60.2 Å². The van der Waals surface area contributed by atoms with Crippen molar-refractivity contribution in [3.63, 3.8) is 0 Å². The van der Waals surface area contributed by atoms with Crippen LogP contribution < -0.4 is 0 Å². The second-order valence-corrected chi connectivity index (χ2v) is 4.38. The Morgan fingerprint density at radius 2 is 2.10 bits per heavy atom. The Labute approximate surface area is 115 Å². The minimum Gasteiger partial charge on any atom is -0.443 e. The van der Waals surface area contributed by atoms with E-state index in [0.29, 0.717) is 22.4 Å². The van der Waals surface area contributed by atoms with Crippen molar-refractivity contribution >= 4 is 11.1 Å². The first kappa shape index (κ1) is 12.4. The van der Waals surface area contributed by atoms with Gasteiger partial charge in [-0.3, -0.25) is 4.98 Å². The fraction of sp³-hybridized carbons (Fsp3) is 0.125. The van der Waals surface area contributed by atoms with E-state index < -0.39 is 12.1 Å². The maximum atomic E-state index is 14.7. The zero-order chi connectivity index (χ0) is 13.9. The monoisotopic (exact) mass is 266 g/mol. The minimum atomic E-state index is -1.34. The number of terminal acetylenes is 1. The van der Waals surface area contributed by atoms with Crippen LogP contribution >= 0.6 is 0 Å². The minimum absolute atomic E-state index is 0.472. The molecule has 3 rings (SSSR count). The van der Waals surface area contributed by atoms with Crippen molar-refractivity contribution in [2.45, 2.75) is 12.1 Å². The van der Waals surface area contributed by atoms with Crippen LogP contribution in [0.4, 0.5) is 4.39 Å². The molecule has 1 aromatic carbocycles. The summed E-state index contributed by atoms with van der Waals surface area (Å²) in [5.74, 6) is 1.76. The van der Waals surface area contributed by atoms with Crippen molar-refractivity contribution in [3.8, 4) is 12.3 Å². The molecule has 0 radical (unpaired) electrons. The van der Waals surface area contributed by atoms with Gasteiger partial charge in [-0.2, -0.15) is 0 Å². The number of oxazole rings is 1. The Morgan fingerprint density at radius 3 is 2.85 bits per heavy atom. The molecule has 2 heterocycles. The lowest BCUT2D eigenvalue weighted by molar-refractivity contribution is 0.318. The lowest BCUT2D eigenvalue weighted by Crippen LogP contribution is -2.07. The van der Waals surface area contributed by atoms with E-state index in [1.54, 1.807) is 42.6 Å². The lowest BCUT2D eigenvalue weighted by Gasteiger charge is -2.15. The summed E-state index contributed by atoms with van der Waals surface area (Å²) in [5, 5.41) is 0. The molecule has 0 fully saturated rings. The van der Waals surface area contributed by atoms with Gasteiger partial charge in [-0.15, -0.1) is 6.42 Å². The van der Waals surface area contributed by atoms with Crippen molar-refractivity contribution in [2.24, 2.45) is 0 Å². The van der Waals surface area contributed by atoms with E-state index in [1.165, 1.54) is 6.39 Å². The van der Waals surface area contributed by atoms with Gasteiger partial charge in [0.05, 0.1) is 11.6 Å². The number of fused-ring (bicyclic) bond motifs is 1. The number of alkyl halides is 1. The Morgan fingerprint density at radius 1 is 1.20 bits per heavy atom. The van der Waals surface area contributed by atoms with Gasteiger partial charge < -0.3 is 4.42 Å². The lowest BCUT2D eigenvalue weighted by atomic mass is 9.94. The zero-order valence-corrected chi connectivity index (χ0v) is 10.5. The summed E-state index contributed by atoms with van der Waals surface area (Å²) >= 11 is 0. The van der Waals surface area contributed by atoms with Crippen LogP contribution in [0.5, 0.6) is 0 Å². The summed E-state index contributed by atoms with van der Waals surface area (Å²) in [7, 11) is 0. The summed E-state index contributed by atoms with van der Waals surface area (Å²) in [6, 6.07) is 10.3. The highest BCUT2D eigenvalue weighted by molar-refractivity contribution is 5.73. The molecule has 0 amide bonds. The maximum absolute atomic E-state index is 14.7. The van der Waals surface area contributed by atoms with Crippen LogP contribution in [-0.2, 0) is 0 Å². The number of hydrogen-bond donors (Lipinski definition) is 0. The van der Waals surface area contributed by atoms with Gasteiger partial charge in [0.2, 0.25) is 0 Å². The number of hydrogen-bond acceptors (Lipinski definition) is 3. The molecule has 3 nitrogen and oxygen atoms in total.